The topological polar surface area (TPSA) is 105 Å². The van der Waals surface area contributed by atoms with Crippen molar-refractivity contribution in [3.8, 4) is 0 Å². The molecular formula is C19H18N4O4S3. The van der Waals surface area contributed by atoms with Crippen molar-refractivity contribution in [1.82, 2.24) is 9.88 Å². The fraction of sp³-hybridized carbons (Fsp3) is 0.263. The fourth-order valence-corrected chi connectivity index (χ4v) is 4.63. The molecule has 11 heteroatoms. The van der Waals surface area contributed by atoms with Crippen LogP contribution in [0.15, 0.2) is 40.7 Å². The van der Waals surface area contributed by atoms with Gasteiger partial charge in [0.15, 0.2) is 5.13 Å². The first-order chi connectivity index (χ1) is 14.4. The molecule has 1 aromatic carbocycles. The first-order valence-electron chi connectivity index (χ1n) is 9.13. The number of hydrogen-bond acceptors (Lipinski definition) is 8. The highest BCUT2D eigenvalue weighted by molar-refractivity contribution is 8.26. The first-order valence-corrected chi connectivity index (χ1v) is 11.2. The Morgan fingerprint density at radius 3 is 2.90 bits per heavy atom. The van der Waals surface area contributed by atoms with Crippen LogP contribution in [-0.4, -0.2) is 37.5 Å². The van der Waals surface area contributed by atoms with Crippen LogP contribution in [0.3, 0.4) is 0 Å². The van der Waals surface area contributed by atoms with Crippen molar-refractivity contribution in [2.45, 2.75) is 25.7 Å². The number of carbonyl (C=O) groups excluding carboxylic acids is 2. The maximum absolute atomic E-state index is 12.6. The van der Waals surface area contributed by atoms with Gasteiger partial charge in [0, 0.05) is 36.7 Å². The number of hydrogen-bond donors (Lipinski definition) is 1. The number of unbranched alkanes of at least 4 members (excludes halogenated alkanes) is 2. The summed E-state index contributed by atoms with van der Waals surface area (Å²) in [6.45, 7) is 0.477. The third-order valence-electron chi connectivity index (χ3n) is 4.22. The van der Waals surface area contributed by atoms with E-state index in [4.69, 9.17) is 12.2 Å². The van der Waals surface area contributed by atoms with Crippen molar-refractivity contribution in [3.05, 3.63) is 56.4 Å². The van der Waals surface area contributed by atoms with Gasteiger partial charge in [0.1, 0.15) is 4.32 Å². The lowest BCUT2D eigenvalue weighted by atomic mass is 10.1. The monoisotopic (exact) mass is 462 g/mol. The molecule has 1 aromatic heterocycles. The Bertz CT molecular complexity index is 991. The van der Waals surface area contributed by atoms with Crippen molar-refractivity contribution in [1.29, 1.82) is 0 Å². The fourth-order valence-electron chi connectivity index (χ4n) is 2.77. The van der Waals surface area contributed by atoms with Crippen LogP contribution in [0.2, 0.25) is 0 Å². The highest BCUT2D eigenvalue weighted by Gasteiger charge is 2.31. The number of benzene rings is 1. The summed E-state index contributed by atoms with van der Waals surface area (Å²) in [5, 5.41) is 16.0. The van der Waals surface area contributed by atoms with E-state index in [2.05, 4.69) is 10.3 Å². The zero-order chi connectivity index (χ0) is 21.5. The molecule has 1 saturated heterocycles. The number of nitro groups is 1. The number of rotatable bonds is 9. The van der Waals surface area contributed by atoms with Crippen LogP contribution in [0, 0.1) is 10.1 Å². The van der Waals surface area contributed by atoms with Gasteiger partial charge in [-0.1, -0.05) is 42.5 Å². The summed E-state index contributed by atoms with van der Waals surface area (Å²) in [4.78, 5) is 40.9. The van der Waals surface area contributed by atoms with Crippen LogP contribution in [-0.2, 0) is 9.59 Å². The molecule has 2 amide bonds. The van der Waals surface area contributed by atoms with Gasteiger partial charge in [-0.3, -0.25) is 24.6 Å². The van der Waals surface area contributed by atoms with E-state index in [1.165, 1.54) is 35.2 Å². The van der Waals surface area contributed by atoms with E-state index >= 15 is 0 Å². The summed E-state index contributed by atoms with van der Waals surface area (Å²) < 4.78 is 0.471. The molecule has 0 unspecified atom stereocenters. The molecule has 2 aromatic rings. The molecule has 0 saturated carbocycles. The summed E-state index contributed by atoms with van der Waals surface area (Å²) in [7, 11) is 0. The molecule has 156 valence electrons. The first kappa shape index (κ1) is 22.1. The normalized spacial score (nSPS) is 15.1. The molecule has 1 aliphatic rings. The summed E-state index contributed by atoms with van der Waals surface area (Å²) in [5.41, 5.74) is 0.550. The highest BCUT2D eigenvalue weighted by atomic mass is 32.2. The molecule has 0 atom stereocenters. The molecular weight excluding hydrogens is 444 g/mol. The van der Waals surface area contributed by atoms with Gasteiger partial charge < -0.3 is 5.32 Å². The highest BCUT2D eigenvalue weighted by Crippen LogP contribution is 2.33. The zero-order valence-corrected chi connectivity index (χ0v) is 18.2. The molecule has 3 rings (SSSR count). The Labute approximate surface area is 186 Å². The summed E-state index contributed by atoms with van der Waals surface area (Å²) in [6.07, 6.45) is 5.86. The second kappa shape index (κ2) is 10.4. The van der Waals surface area contributed by atoms with Gasteiger partial charge >= 0.3 is 0 Å². The number of non-ortho nitro benzene ring substituents is 1. The average Bonchev–Trinajstić information content (AvgIpc) is 3.31. The Balaban J connectivity index is 1.46. The van der Waals surface area contributed by atoms with E-state index in [0.29, 0.717) is 39.3 Å². The van der Waals surface area contributed by atoms with E-state index in [9.17, 15) is 19.7 Å². The van der Waals surface area contributed by atoms with Crippen molar-refractivity contribution in [2.24, 2.45) is 0 Å². The van der Waals surface area contributed by atoms with Crippen molar-refractivity contribution >= 4 is 68.3 Å². The number of thiazole rings is 1. The molecule has 30 heavy (non-hydrogen) atoms. The lowest BCUT2D eigenvalue weighted by molar-refractivity contribution is -0.384. The Morgan fingerprint density at radius 2 is 2.17 bits per heavy atom. The van der Waals surface area contributed by atoms with E-state index < -0.39 is 4.92 Å². The van der Waals surface area contributed by atoms with Gasteiger partial charge in [-0.2, -0.15) is 0 Å². The Kier molecular flexibility index (Phi) is 7.66. The molecule has 0 bridgehead atoms. The third-order valence-corrected chi connectivity index (χ3v) is 6.28. The smallest absolute Gasteiger partial charge is 0.270 e. The predicted molar refractivity (Wildman–Crippen MR) is 122 cm³/mol. The quantitative estimate of drug-likeness (QED) is 0.193. The van der Waals surface area contributed by atoms with Crippen LogP contribution in [0.25, 0.3) is 6.08 Å². The number of nitrogens with zero attached hydrogens (tertiary/aromatic N) is 3. The molecule has 2 heterocycles. The van der Waals surface area contributed by atoms with E-state index in [0.717, 1.165) is 12.8 Å². The minimum Gasteiger partial charge on any atom is -0.302 e. The number of thioether (sulfide) groups is 1. The van der Waals surface area contributed by atoms with Crippen LogP contribution in [0.1, 0.15) is 31.2 Å². The number of thiocarbonyl (C=S) groups is 1. The molecule has 1 fully saturated rings. The maximum Gasteiger partial charge on any atom is 0.270 e. The predicted octanol–water partition coefficient (Wildman–Crippen LogP) is 4.45. The van der Waals surface area contributed by atoms with Crippen LogP contribution < -0.4 is 5.32 Å². The number of amides is 2. The van der Waals surface area contributed by atoms with E-state index in [-0.39, 0.29) is 17.5 Å². The average molecular weight is 463 g/mol. The second-order valence-electron chi connectivity index (χ2n) is 6.38. The lowest BCUT2D eigenvalue weighted by Gasteiger charge is -2.14. The Hall–Kier alpha value is -2.63. The molecule has 1 aliphatic heterocycles. The largest absolute Gasteiger partial charge is 0.302 e. The zero-order valence-electron chi connectivity index (χ0n) is 15.8. The minimum atomic E-state index is -0.472. The van der Waals surface area contributed by atoms with Gasteiger partial charge in [0.25, 0.3) is 11.6 Å². The number of carbonyl (C=O) groups is 2. The van der Waals surface area contributed by atoms with Crippen LogP contribution in [0.5, 0.6) is 0 Å². The lowest BCUT2D eigenvalue weighted by Crippen LogP contribution is -2.29. The van der Waals surface area contributed by atoms with Gasteiger partial charge in [0.2, 0.25) is 5.91 Å². The van der Waals surface area contributed by atoms with Gasteiger partial charge in [-0.25, -0.2) is 4.98 Å². The maximum atomic E-state index is 12.6. The number of nitro benzene ring substituents is 1. The Morgan fingerprint density at radius 1 is 1.33 bits per heavy atom. The van der Waals surface area contributed by atoms with Crippen molar-refractivity contribution in [2.75, 3.05) is 11.9 Å². The van der Waals surface area contributed by atoms with E-state index in [1.807, 2.05) is 0 Å². The summed E-state index contributed by atoms with van der Waals surface area (Å²) >= 11 is 7.87. The SMILES string of the molecule is O=C(CCCCCN1C(=O)/C(=C/c2cccc([N+](=O)[O-])c2)SC1=S)Nc1nccs1. The van der Waals surface area contributed by atoms with Crippen molar-refractivity contribution in [3.63, 3.8) is 0 Å². The third kappa shape index (κ3) is 5.94. The van der Waals surface area contributed by atoms with Crippen molar-refractivity contribution < 1.29 is 14.5 Å². The second-order valence-corrected chi connectivity index (χ2v) is 8.95. The standard InChI is InChI=1S/C19H18N4O4S3/c24-16(21-18-20-8-10-29-18)7-2-1-3-9-22-17(25)15(30-19(22)28)12-13-5-4-6-14(11-13)23(26)27/h4-6,8,10-12H,1-3,7,9H2,(H,20,21,24)/b15-12-. The molecule has 0 spiro atoms. The van der Waals surface area contributed by atoms with Crippen LogP contribution in [0.4, 0.5) is 10.8 Å². The van der Waals surface area contributed by atoms with Gasteiger partial charge in [-0.15, -0.1) is 11.3 Å². The molecule has 1 N–H and O–H groups in total. The molecule has 0 radical (unpaired) electrons. The molecule has 0 aliphatic carbocycles. The number of anilines is 1. The molecule has 8 nitrogen and oxygen atoms in total. The van der Waals surface area contributed by atoms with Gasteiger partial charge in [0.05, 0.1) is 9.83 Å². The van der Waals surface area contributed by atoms with Crippen LogP contribution >= 0.6 is 35.3 Å². The summed E-state index contributed by atoms with van der Waals surface area (Å²) in [6, 6.07) is 6.11. The minimum absolute atomic E-state index is 0.0295. The van der Waals surface area contributed by atoms with E-state index in [1.54, 1.807) is 34.7 Å². The number of aromatic nitrogens is 1. The van der Waals surface area contributed by atoms with Gasteiger partial charge in [-0.05, 0) is 24.5 Å². The summed E-state index contributed by atoms with van der Waals surface area (Å²) in [5.74, 6) is -0.270. The number of nitrogens with one attached hydrogen (secondary N) is 1.